The van der Waals surface area contributed by atoms with Crippen LogP contribution in [0.4, 0.5) is 0 Å². The Morgan fingerprint density at radius 3 is 2.65 bits per heavy atom. The molecule has 0 spiro atoms. The highest BCUT2D eigenvalue weighted by Crippen LogP contribution is 2.09. The van der Waals surface area contributed by atoms with Crippen LogP contribution >= 0.6 is 0 Å². The number of rotatable bonds is 4. The minimum Gasteiger partial charge on any atom is -0.480 e. The van der Waals surface area contributed by atoms with E-state index in [2.05, 4.69) is 9.97 Å². The monoisotopic (exact) mass is 274 g/mol. The van der Waals surface area contributed by atoms with Gasteiger partial charge in [0.15, 0.2) is 0 Å². The van der Waals surface area contributed by atoms with E-state index in [-0.39, 0.29) is 5.91 Å². The summed E-state index contributed by atoms with van der Waals surface area (Å²) in [5.41, 5.74) is 0.337. The maximum atomic E-state index is 12.1. The third kappa shape index (κ3) is 2.66. The number of carbonyl (C=O) groups is 2. The molecule has 104 valence electrons. The van der Waals surface area contributed by atoms with Crippen molar-refractivity contribution in [3.05, 3.63) is 42.6 Å². The number of carboxylic acid groups (broad SMARTS) is 1. The van der Waals surface area contributed by atoms with Crippen LogP contribution in [0.1, 0.15) is 17.3 Å². The van der Waals surface area contributed by atoms with Crippen molar-refractivity contribution in [3.8, 4) is 5.82 Å². The van der Waals surface area contributed by atoms with Crippen molar-refractivity contribution in [1.82, 2.24) is 19.4 Å². The van der Waals surface area contributed by atoms with E-state index < -0.39 is 12.0 Å². The Morgan fingerprint density at radius 1 is 1.40 bits per heavy atom. The van der Waals surface area contributed by atoms with Gasteiger partial charge in [-0.15, -0.1) is 0 Å². The highest BCUT2D eigenvalue weighted by Gasteiger charge is 2.22. The van der Waals surface area contributed by atoms with Crippen LogP contribution in [0.25, 0.3) is 5.82 Å². The molecule has 0 saturated carbocycles. The van der Waals surface area contributed by atoms with Crippen LogP contribution in [-0.4, -0.2) is 49.5 Å². The van der Waals surface area contributed by atoms with Crippen LogP contribution in [0.15, 0.2) is 37.1 Å². The van der Waals surface area contributed by atoms with E-state index in [1.165, 1.54) is 20.2 Å². The Balaban J connectivity index is 2.18. The van der Waals surface area contributed by atoms with Crippen molar-refractivity contribution < 1.29 is 14.7 Å². The lowest BCUT2D eigenvalue weighted by Crippen LogP contribution is -2.40. The van der Waals surface area contributed by atoms with Gasteiger partial charge >= 0.3 is 5.97 Å². The standard InChI is InChI=1S/C13H14N4O3/c1-9(13(19)20)16(2)12(18)10-3-4-11(15-7-10)17-6-5-14-8-17/h3-9H,1-2H3,(H,19,20). The summed E-state index contributed by atoms with van der Waals surface area (Å²) in [7, 11) is 1.45. The molecule has 0 fully saturated rings. The van der Waals surface area contributed by atoms with Gasteiger partial charge in [-0.1, -0.05) is 0 Å². The maximum Gasteiger partial charge on any atom is 0.326 e. The molecule has 1 unspecified atom stereocenters. The van der Waals surface area contributed by atoms with Crippen molar-refractivity contribution in [1.29, 1.82) is 0 Å². The number of hydrogen-bond acceptors (Lipinski definition) is 4. The average Bonchev–Trinajstić information content (AvgIpc) is 2.99. The molecule has 2 aromatic rings. The molecule has 0 aliphatic heterocycles. The molecule has 0 bridgehead atoms. The van der Waals surface area contributed by atoms with Gasteiger partial charge in [-0.3, -0.25) is 9.36 Å². The lowest BCUT2D eigenvalue weighted by Gasteiger charge is -2.21. The molecule has 2 aromatic heterocycles. The van der Waals surface area contributed by atoms with Crippen molar-refractivity contribution in [2.45, 2.75) is 13.0 Å². The fourth-order valence-electron chi connectivity index (χ4n) is 1.61. The fourth-order valence-corrected chi connectivity index (χ4v) is 1.61. The van der Waals surface area contributed by atoms with Crippen LogP contribution in [0, 0.1) is 0 Å². The average molecular weight is 274 g/mol. The molecule has 7 nitrogen and oxygen atoms in total. The summed E-state index contributed by atoms with van der Waals surface area (Å²) in [5, 5.41) is 8.90. The number of carboxylic acids is 1. The van der Waals surface area contributed by atoms with Gasteiger partial charge in [0.1, 0.15) is 18.2 Å². The number of carbonyl (C=O) groups excluding carboxylic acids is 1. The lowest BCUT2D eigenvalue weighted by molar-refractivity contribution is -0.141. The first-order valence-electron chi connectivity index (χ1n) is 5.95. The van der Waals surface area contributed by atoms with E-state index in [9.17, 15) is 9.59 Å². The Kier molecular flexibility index (Phi) is 3.79. The number of imidazole rings is 1. The first-order valence-corrected chi connectivity index (χ1v) is 5.95. The minimum absolute atomic E-state index is 0.337. The van der Waals surface area contributed by atoms with E-state index in [4.69, 9.17) is 5.11 Å². The van der Waals surface area contributed by atoms with Gasteiger partial charge in [0.25, 0.3) is 5.91 Å². The minimum atomic E-state index is -1.05. The number of amides is 1. The summed E-state index contributed by atoms with van der Waals surface area (Å²) >= 11 is 0. The van der Waals surface area contributed by atoms with Gasteiger partial charge in [-0.05, 0) is 19.1 Å². The van der Waals surface area contributed by atoms with E-state index in [0.717, 1.165) is 4.90 Å². The predicted molar refractivity (Wildman–Crippen MR) is 70.6 cm³/mol. The zero-order valence-electron chi connectivity index (χ0n) is 11.1. The Morgan fingerprint density at radius 2 is 2.15 bits per heavy atom. The quantitative estimate of drug-likeness (QED) is 0.891. The van der Waals surface area contributed by atoms with Crippen molar-refractivity contribution in [2.24, 2.45) is 0 Å². The van der Waals surface area contributed by atoms with Gasteiger partial charge in [0.05, 0.1) is 5.56 Å². The first-order chi connectivity index (χ1) is 9.50. The maximum absolute atomic E-state index is 12.1. The third-order valence-corrected chi connectivity index (χ3v) is 3.02. The SMILES string of the molecule is CC(C(=O)O)N(C)C(=O)c1ccc(-n2ccnc2)nc1. The van der Waals surface area contributed by atoms with E-state index in [1.54, 1.807) is 35.4 Å². The lowest BCUT2D eigenvalue weighted by atomic mass is 10.2. The third-order valence-electron chi connectivity index (χ3n) is 3.02. The van der Waals surface area contributed by atoms with Crippen LogP contribution in [0.2, 0.25) is 0 Å². The van der Waals surface area contributed by atoms with Gasteiger partial charge in [-0.2, -0.15) is 0 Å². The van der Waals surface area contributed by atoms with Gasteiger partial charge in [0, 0.05) is 25.6 Å². The smallest absolute Gasteiger partial charge is 0.326 e. The molecular weight excluding hydrogens is 260 g/mol. The summed E-state index contributed by atoms with van der Waals surface area (Å²) in [5.74, 6) is -0.804. The number of hydrogen-bond donors (Lipinski definition) is 1. The highest BCUT2D eigenvalue weighted by atomic mass is 16.4. The Hall–Kier alpha value is -2.70. The summed E-state index contributed by atoms with van der Waals surface area (Å²) < 4.78 is 1.71. The molecule has 1 amide bonds. The normalized spacial score (nSPS) is 11.9. The molecule has 2 heterocycles. The molecule has 0 saturated heterocycles. The van der Waals surface area contributed by atoms with Crippen molar-refractivity contribution in [3.63, 3.8) is 0 Å². The molecule has 0 radical (unpaired) electrons. The van der Waals surface area contributed by atoms with Crippen LogP contribution in [-0.2, 0) is 4.79 Å². The Bertz CT molecular complexity index is 607. The molecule has 0 aliphatic rings. The number of nitrogens with zero attached hydrogens (tertiary/aromatic N) is 4. The zero-order chi connectivity index (χ0) is 14.7. The van der Waals surface area contributed by atoms with Crippen LogP contribution < -0.4 is 0 Å². The summed E-state index contributed by atoms with van der Waals surface area (Å²) in [6.45, 7) is 1.45. The summed E-state index contributed by atoms with van der Waals surface area (Å²) in [4.78, 5) is 32.2. The first kappa shape index (κ1) is 13.7. The summed E-state index contributed by atoms with van der Waals surface area (Å²) in [6.07, 6.45) is 6.39. The molecule has 1 atom stereocenters. The van der Waals surface area contributed by atoms with E-state index in [0.29, 0.717) is 11.4 Å². The zero-order valence-corrected chi connectivity index (χ0v) is 11.1. The van der Waals surface area contributed by atoms with Gasteiger partial charge < -0.3 is 10.0 Å². The number of likely N-dealkylation sites (N-methyl/N-ethyl adjacent to an activating group) is 1. The van der Waals surface area contributed by atoms with Crippen molar-refractivity contribution in [2.75, 3.05) is 7.05 Å². The highest BCUT2D eigenvalue weighted by molar-refractivity contribution is 5.96. The Labute approximate surface area is 115 Å². The molecule has 1 N–H and O–H groups in total. The topological polar surface area (TPSA) is 88.3 Å². The molecule has 0 aliphatic carbocycles. The van der Waals surface area contributed by atoms with E-state index >= 15 is 0 Å². The predicted octanol–water partition coefficient (Wildman–Crippen LogP) is 0.812. The number of pyridine rings is 1. The largest absolute Gasteiger partial charge is 0.480 e. The second-order valence-corrected chi connectivity index (χ2v) is 4.31. The summed E-state index contributed by atoms with van der Waals surface area (Å²) in [6, 6.07) is 2.39. The molecule has 2 rings (SSSR count). The van der Waals surface area contributed by atoms with Crippen LogP contribution in [0.5, 0.6) is 0 Å². The van der Waals surface area contributed by atoms with Gasteiger partial charge in [0.2, 0.25) is 0 Å². The molecule has 20 heavy (non-hydrogen) atoms. The van der Waals surface area contributed by atoms with Crippen LogP contribution in [0.3, 0.4) is 0 Å². The second kappa shape index (κ2) is 5.52. The number of aromatic nitrogens is 3. The molecule has 0 aromatic carbocycles. The van der Waals surface area contributed by atoms with Gasteiger partial charge in [-0.25, -0.2) is 14.8 Å². The van der Waals surface area contributed by atoms with E-state index in [1.807, 2.05) is 0 Å². The second-order valence-electron chi connectivity index (χ2n) is 4.31. The molecule has 7 heteroatoms. The van der Waals surface area contributed by atoms with Crippen molar-refractivity contribution >= 4 is 11.9 Å². The molecular formula is C13H14N4O3. The fraction of sp³-hybridized carbons (Fsp3) is 0.231. The number of aliphatic carboxylic acids is 1.